The standard InChI is InChI=1S/C18H30N4O3/c1-3-12(2)15-17(24)22-10-9-21(11-14(22)16(23)20-15)18(25)19-13-7-5-4-6-8-13/h12-15H,3-11H2,1-2H3,(H,19,25)(H,20,23)/t12-,14+,15-/m0/s1. The molecule has 3 aliphatic rings. The van der Waals surface area contributed by atoms with Crippen molar-refractivity contribution in [1.29, 1.82) is 0 Å². The summed E-state index contributed by atoms with van der Waals surface area (Å²) in [6.45, 7) is 5.20. The maximum absolute atomic E-state index is 12.7. The predicted molar refractivity (Wildman–Crippen MR) is 93.9 cm³/mol. The molecule has 0 unspecified atom stereocenters. The van der Waals surface area contributed by atoms with Gasteiger partial charge in [-0.05, 0) is 18.8 Å². The zero-order valence-corrected chi connectivity index (χ0v) is 15.3. The van der Waals surface area contributed by atoms with E-state index >= 15 is 0 Å². The lowest BCUT2D eigenvalue weighted by Gasteiger charge is -2.46. The molecule has 2 aliphatic heterocycles. The second-order valence-electron chi connectivity index (χ2n) is 7.65. The molecule has 4 amide bonds. The molecule has 7 heteroatoms. The fraction of sp³-hybridized carbons (Fsp3) is 0.833. The maximum Gasteiger partial charge on any atom is 0.317 e. The van der Waals surface area contributed by atoms with E-state index in [4.69, 9.17) is 0 Å². The van der Waals surface area contributed by atoms with Crippen LogP contribution >= 0.6 is 0 Å². The van der Waals surface area contributed by atoms with Crippen molar-refractivity contribution in [3.05, 3.63) is 0 Å². The van der Waals surface area contributed by atoms with Crippen molar-refractivity contribution in [2.75, 3.05) is 19.6 Å². The van der Waals surface area contributed by atoms with Gasteiger partial charge in [-0.1, -0.05) is 39.5 Å². The highest BCUT2D eigenvalue weighted by atomic mass is 16.2. The Morgan fingerprint density at radius 1 is 1.24 bits per heavy atom. The molecule has 0 aromatic carbocycles. The summed E-state index contributed by atoms with van der Waals surface area (Å²) in [5, 5.41) is 5.97. The van der Waals surface area contributed by atoms with Gasteiger partial charge in [0, 0.05) is 19.1 Å². The molecule has 1 aliphatic carbocycles. The number of hydrogen-bond donors (Lipinski definition) is 2. The lowest BCUT2D eigenvalue weighted by atomic mass is 9.93. The highest BCUT2D eigenvalue weighted by Gasteiger charge is 2.45. The molecule has 0 bridgehead atoms. The average Bonchev–Trinajstić information content (AvgIpc) is 2.64. The van der Waals surface area contributed by atoms with E-state index < -0.39 is 12.1 Å². The number of amides is 4. The van der Waals surface area contributed by atoms with Gasteiger partial charge in [0.1, 0.15) is 12.1 Å². The first kappa shape index (κ1) is 18.0. The second kappa shape index (κ2) is 7.62. The van der Waals surface area contributed by atoms with Gasteiger partial charge in [-0.25, -0.2) is 4.79 Å². The quantitative estimate of drug-likeness (QED) is 0.799. The minimum absolute atomic E-state index is 0.00807. The van der Waals surface area contributed by atoms with Crippen LogP contribution in [0.4, 0.5) is 4.79 Å². The van der Waals surface area contributed by atoms with Crippen LogP contribution < -0.4 is 10.6 Å². The van der Waals surface area contributed by atoms with Crippen LogP contribution in [0.25, 0.3) is 0 Å². The van der Waals surface area contributed by atoms with Crippen LogP contribution in [0.15, 0.2) is 0 Å². The van der Waals surface area contributed by atoms with E-state index in [9.17, 15) is 14.4 Å². The van der Waals surface area contributed by atoms with Crippen LogP contribution in [0.1, 0.15) is 52.4 Å². The van der Waals surface area contributed by atoms with Gasteiger partial charge in [-0.3, -0.25) is 9.59 Å². The van der Waals surface area contributed by atoms with Crippen LogP contribution in [-0.2, 0) is 9.59 Å². The monoisotopic (exact) mass is 350 g/mol. The van der Waals surface area contributed by atoms with Crippen LogP contribution in [0.3, 0.4) is 0 Å². The molecular formula is C18H30N4O3. The molecule has 2 N–H and O–H groups in total. The molecule has 3 rings (SSSR count). The van der Waals surface area contributed by atoms with Crippen molar-refractivity contribution in [3.8, 4) is 0 Å². The number of nitrogens with zero attached hydrogens (tertiary/aromatic N) is 2. The Morgan fingerprint density at radius 3 is 2.64 bits per heavy atom. The molecule has 25 heavy (non-hydrogen) atoms. The summed E-state index contributed by atoms with van der Waals surface area (Å²) in [6.07, 6.45) is 6.47. The van der Waals surface area contributed by atoms with Gasteiger partial charge in [0.15, 0.2) is 0 Å². The lowest BCUT2D eigenvalue weighted by Crippen LogP contribution is -2.71. The van der Waals surface area contributed by atoms with Gasteiger partial charge in [0.25, 0.3) is 0 Å². The predicted octanol–water partition coefficient (Wildman–Crippen LogP) is 1.09. The molecular weight excluding hydrogens is 320 g/mol. The zero-order valence-electron chi connectivity index (χ0n) is 15.3. The average molecular weight is 350 g/mol. The van der Waals surface area contributed by atoms with Crippen molar-refractivity contribution in [2.24, 2.45) is 5.92 Å². The van der Waals surface area contributed by atoms with E-state index in [1.165, 1.54) is 6.42 Å². The molecule has 7 nitrogen and oxygen atoms in total. The Bertz CT molecular complexity index is 532. The Balaban J connectivity index is 1.60. The summed E-state index contributed by atoms with van der Waals surface area (Å²) in [5.74, 6) is -0.0311. The number of carbonyl (C=O) groups is 3. The highest BCUT2D eigenvalue weighted by Crippen LogP contribution is 2.22. The topological polar surface area (TPSA) is 81.8 Å². The fourth-order valence-electron chi connectivity index (χ4n) is 4.08. The number of piperazine rings is 2. The van der Waals surface area contributed by atoms with E-state index in [2.05, 4.69) is 10.6 Å². The van der Waals surface area contributed by atoms with E-state index in [0.29, 0.717) is 13.1 Å². The van der Waals surface area contributed by atoms with E-state index in [1.54, 1.807) is 9.80 Å². The van der Waals surface area contributed by atoms with Gasteiger partial charge in [-0.2, -0.15) is 0 Å². The summed E-state index contributed by atoms with van der Waals surface area (Å²) in [5.41, 5.74) is 0. The first-order chi connectivity index (χ1) is 12.0. The van der Waals surface area contributed by atoms with E-state index in [0.717, 1.165) is 32.1 Å². The van der Waals surface area contributed by atoms with Crippen LogP contribution in [0, 0.1) is 5.92 Å². The molecule has 3 fully saturated rings. The van der Waals surface area contributed by atoms with Crippen molar-refractivity contribution in [3.63, 3.8) is 0 Å². The van der Waals surface area contributed by atoms with Crippen molar-refractivity contribution in [1.82, 2.24) is 20.4 Å². The van der Waals surface area contributed by atoms with Crippen LogP contribution in [-0.4, -0.2) is 65.4 Å². The van der Waals surface area contributed by atoms with Gasteiger partial charge >= 0.3 is 6.03 Å². The molecule has 1 saturated carbocycles. The Kier molecular flexibility index (Phi) is 5.49. The van der Waals surface area contributed by atoms with Gasteiger partial charge < -0.3 is 20.4 Å². The molecule has 140 valence electrons. The number of hydrogen-bond acceptors (Lipinski definition) is 3. The molecule has 2 saturated heterocycles. The summed E-state index contributed by atoms with van der Waals surface area (Å²) in [4.78, 5) is 41.1. The third-order valence-electron chi connectivity index (χ3n) is 5.96. The number of rotatable bonds is 3. The van der Waals surface area contributed by atoms with Gasteiger partial charge in [-0.15, -0.1) is 0 Å². The lowest BCUT2D eigenvalue weighted by molar-refractivity contribution is -0.153. The Hall–Kier alpha value is -1.79. The third kappa shape index (κ3) is 3.75. The van der Waals surface area contributed by atoms with Crippen molar-refractivity contribution < 1.29 is 14.4 Å². The van der Waals surface area contributed by atoms with Crippen LogP contribution in [0.5, 0.6) is 0 Å². The maximum atomic E-state index is 12.7. The summed E-state index contributed by atoms with van der Waals surface area (Å²) in [7, 11) is 0. The number of nitrogens with one attached hydrogen (secondary N) is 2. The molecule has 3 atom stereocenters. The first-order valence-electron chi connectivity index (χ1n) is 9.67. The Labute approximate surface area is 149 Å². The number of urea groups is 1. The van der Waals surface area contributed by atoms with Crippen molar-refractivity contribution >= 4 is 17.8 Å². The molecule has 0 radical (unpaired) electrons. The highest BCUT2D eigenvalue weighted by molar-refractivity contribution is 5.97. The molecule has 0 aromatic rings. The molecule has 0 spiro atoms. The number of fused-ring (bicyclic) bond motifs is 1. The smallest absolute Gasteiger partial charge is 0.317 e. The number of carbonyl (C=O) groups excluding carboxylic acids is 3. The van der Waals surface area contributed by atoms with Gasteiger partial charge in [0.05, 0.1) is 6.54 Å². The Morgan fingerprint density at radius 2 is 1.96 bits per heavy atom. The summed E-state index contributed by atoms with van der Waals surface area (Å²) < 4.78 is 0. The normalized spacial score (nSPS) is 29.0. The van der Waals surface area contributed by atoms with E-state index in [-0.39, 0.29) is 36.3 Å². The zero-order chi connectivity index (χ0) is 18.0. The summed E-state index contributed by atoms with van der Waals surface area (Å²) in [6, 6.07) is -0.846. The largest absolute Gasteiger partial charge is 0.342 e. The fourth-order valence-corrected chi connectivity index (χ4v) is 4.08. The van der Waals surface area contributed by atoms with Crippen LogP contribution in [0.2, 0.25) is 0 Å². The van der Waals surface area contributed by atoms with E-state index in [1.807, 2.05) is 13.8 Å². The third-order valence-corrected chi connectivity index (χ3v) is 5.96. The SMILES string of the molecule is CC[C@H](C)[C@@H]1NC(=O)[C@H]2CN(C(=O)NC3CCCCC3)CCN2C1=O. The minimum atomic E-state index is -0.557. The molecule has 0 aromatic heterocycles. The first-order valence-corrected chi connectivity index (χ1v) is 9.67. The second-order valence-corrected chi connectivity index (χ2v) is 7.65. The minimum Gasteiger partial charge on any atom is -0.342 e. The molecule has 2 heterocycles. The van der Waals surface area contributed by atoms with Crippen molar-refractivity contribution in [2.45, 2.75) is 70.5 Å². The summed E-state index contributed by atoms with van der Waals surface area (Å²) >= 11 is 0. The van der Waals surface area contributed by atoms with Gasteiger partial charge in [0.2, 0.25) is 11.8 Å².